The van der Waals surface area contributed by atoms with Crippen molar-refractivity contribution >= 4 is 21.7 Å². The Labute approximate surface area is 121 Å². The van der Waals surface area contributed by atoms with Crippen LogP contribution in [0.4, 0.5) is 0 Å². The fourth-order valence-electron chi connectivity index (χ4n) is 4.63. The summed E-state index contributed by atoms with van der Waals surface area (Å²) in [6.45, 7) is 1.17. The van der Waals surface area contributed by atoms with Gasteiger partial charge in [0.25, 0.3) is 0 Å². The van der Waals surface area contributed by atoms with Gasteiger partial charge >= 0.3 is 0 Å². The smallest absolute Gasteiger partial charge is 0.175 e. The summed E-state index contributed by atoms with van der Waals surface area (Å²) in [6.07, 6.45) is 7.83. The van der Waals surface area contributed by atoms with Gasteiger partial charge in [0.05, 0.1) is 17.1 Å². The van der Waals surface area contributed by atoms with E-state index in [-0.39, 0.29) is 18.6 Å². The summed E-state index contributed by atoms with van der Waals surface area (Å²) in [4.78, 5) is 14.8. The van der Waals surface area contributed by atoms with Crippen molar-refractivity contribution in [2.24, 2.45) is 23.7 Å². The molecule has 1 saturated heterocycles. The van der Waals surface area contributed by atoms with Crippen molar-refractivity contribution in [2.45, 2.75) is 25.3 Å². The lowest BCUT2D eigenvalue weighted by atomic mass is 9.83. The van der Waals surface area contributed by atoms with Crippen molar-refractivity contribution in [3.63, 3.8) is 0 Å². The Hall–Kier alpha value is -0.610. The van der Waals surface area contributed by atoms with Crippen LogP contribution >= 0.6 is 15.9 Å². The molecule has 2 fully saturated rings. The molecule has 102 valence electrons. The number of likely N-dealkylation sites (tertiary alicyclic amines) is 1. The van der Waals surface area contributed by atoms with Gasteiger partial charge < -0.3 is 10.0 Å². The maximum absolute atomic E-state index is 12.5. The first-order valence-corrected chi connectivity index (χ1v) is 8.01. The molecule has 1 heterocycles. The Balaban J connectivity index is 1.74. The SMILES string of the molecule is O=C1C(Br)=C(N2CCC[C@H]2CO)[C@H]2[C@@H]1[C@H]1C=C[C@@H]2C1. The molecule has 2 bridgehead atoms. The molecule has 1 aliphatic heterocycles. The molecular weight excluding hydrogens is 306 g/mol. The first-order valence-electron chi connectivity index (χ1n) is 7.22. The van der Waals surface area contributed by atoms with E-state index < -0.39 is 0 Å². The van der Waals surface area contributed by atoms with Crippen molar-refractivity contribution < 1.29 is 9.90 Å². The van der Waals surface area contributed by atoms with Crippen LogP contribution in [0.2, 0.25) is 0 Å². The number of carbonyl (C=O) groups is 1. The summed E-state index contributed by atoms with van der Waals surface area (Å²) in [5.74, 6) is 1.80. The van der Waals surface area contributed by atoms with Crippen molar-refractivity contribution in [1.82, 2.24) is 4.90 Å². The van der Waals surface area contributed by atoms with Crippen LogP contribution in [0.15, 0.2) is 22.3 Å². The van der Waals surface area contributed by atoms with Crippen LogP contribution in [-0.4, -0.2) is 35.0 Å². The zero-order chi connectivity index (χ0) is 13.1. The molecule has 0 aromatic rings. The lowest BCUT2D eigenvalue weighted by molar-refractivity contribution is -0.119. The average molecular weight is 324 g/mol. The number of hydrogen-bond donors (Lipinski definition) is 1. The molecule has 4 rings (SSSR count). The quantitative estimate of drug-likeness (QED) is 0.791. The molecule has 1 N–H and O–H groups in total. The minimum Gasteiger partial charge on any atom is -0.394 e. The second-order valence-corrected chi connectivity index (χ2v) is 7.03. The zero-order valence-corrected chi connectivity index (χ0v) is 12.3. The van der Waals surface area contributed by atoms with Gasteiger partial charge in [0.2, 0.25) is 0 Å². The van der Waals surface area contributed by atoms with Gasteiger partial charge in [0, 0.05) is 24.1 Å². The molecular formula is C15H18BrNO2. The minimum atomic E-state index is 0.166. The molecule has 4 heteroatoms. The number of carbonyl (C=O) groups excluding carboxylic acids is 1. The second kappa shape index (κ2) is 4.19. The fraction of sp³-hybridized carbons (Fsp3) is 0.667. The van der Waals surface area contributed by atoms with Crippen LogP contribution in [-0.2, 0) is 4.79 Å². The lowest BCUT2D eigenvalue weighted by Gasteiger charge is -2.33. The first kappa shape index (κ1) is 12.2. The van der Waals surface area contributed by atoms with Crippen molar-refractivity contribution in [3.05, 3.63) is 22.3 Å². The maximum atomic E-state index is 12.5. The summed E-state index contributed by atoms with van der Waals surface area (Å²) in [5, 5.41) is 9.54. The number of ketones is 1. The van der Waals surface area contributed by atoms with Gasteiger partial charge in [-0.25, -0.2) is 0 Å². The van der Waals surface area contributed by atoms with Crippen molar-refractivity contribution in [2.75, 3.05) is 13.2 Å². The normalized spacial score (nSPS) is 43.8. The van der Waals surface area contributed by atoms with Gasteiger partial charge in [-0.3, -0.25) is 4.79 Å². The van der Waals surface area contributed by atoms with E-state index in [2.05, 4.69) is 33.0 Å². The number of Topliss-reactive ketones (excluding diaryl/α,β-unsaturated/α-hetero) is 1. The predicted molar refractivity (Wildman–Crippen MR) is 75.5 cm³/mol. The Bertz CT molecular complexity index is 498. The molecule has 0 unspecified atom stereocenters. The topological polar surface area (TPSA) is 40.5 Å². The van der Waals surface area contributed by atoms with E-state index in [4.69, 9.17) is 0 Å². The number of fused-ring (bicyclic) bond motifs is 5. The Kier molecular flexibility index (Phi) is 2.68. The van der Waals surface area contributed by atoms with E-state index in [0.29, 0.717) is 23.5 Å². The summed E-state index contributed by atoms with van der Waals surface area (Å²) in [7, 11) is 0. The number of halogens is 1. The van der Waals surface area contributed by atoms with Gasteiger partial charge in [0.15, 0.2) is 5.78 Å². The highest BCUT2D eigenvalue weighted by Crippen LogP contribution is 2.58. The van der Waals surface area contributed by atoms with Crippen LogP contribution in [0.5, 0.6) is 0 Å². The molecule has 0 radical (unpaired) electrons. The van der Waals surface area contributed by atoms with Crippen LogP contribution in [0.25, 0.3) is 0 Å². The lowest BCUT2D eigenvalue weighted by Crippen LogP contribution is -2.35. The van der Waals surface area contributed by atoms with Gasteiger partial charge in [0.1, 0.15) is 0 Å². The number of nitrogens with zero attached hydrogens (tertiary/aromatic N) is 1. The molecule has 3 aliphatic carbocycles. The molecule has 3 nitrogen and oxygen atoms in total. The van der Waals surface area contributed by atoms with Crippen LogP contribution in [0.3, 0.4) is 0 Å². The van der Waals surface area contributed by atoms with E-state index in [0.717, 1.165) is 30.3 Å². The number of aliphatic hydroxyl groups is 1. The second-order valence-electron chi connectivity index (χ2n) is 6.24. The highest BCUT2D eigenvalue weighted by molar-refractivity contribution is 9.12. The van der Waals surface area contributed by atoms with E-state index in [1.54, 1.807) is 0 Å². The van der Waals surface area contributed by atoms with E-state index in [1.165, 1.54) is 5.70 Å². The molecule has 0 amide bonds. The van der Waals surface area contributed by atoms with Crippen molar-refractivity contribution in [1.29, 1.82) is 0 Å². The van der Waals surface area contributed by atoms with Crippen LogP contribution < -0.4 is 0 Å². The molecule has 5 atom stereocenters. The molecule has 0 aromatic heterocycles. The number of allylic oxidation sites excluding steroid dienone is 4. The fourth-order valence-corrected chi connectivity index (χ4v) is 5.39. The summed E-state index contributed by atoms with van der Waals surface area (Å²) < 4.78 is 0.793. The third kappa shape index (κ3) is 1.50. The summed E-state index contributed by atoms with van der Waals surface area (Å²) in [5.41, 5.74) is 1.20. The molecule has 1 saturated carbocycles. The van der Waals surface area contributed by atoms with Crippen molar-refractivity contribution in [3.8, 4) is 0 Å². The van der Waals surface area contributed by atoms with Gasteiger partial charge in [-0.1, -0.05) is 12.2 Å². The summed E-state index contributed by atoms with van der Waals surface area (Å²) in [6, 6.07) is 0.206. The highest BCUT2D eigenvalue weighted by atomic mass is 79.9. The minimum absolute atomic E-state index is 0.166. The Morgan fingerprint density at radius 2 is 2.05 bits per heavy atom. The molecule has 4 aliphatic rings. The maximum Gasteiger partial charge on any atom is 0.175 e. The monoisotopic (exact) mass is 323 g/mol. The van der Waals surface area contributed by atoms with E-state index in [9.17, 15) is 9.90 Å². The van der Waals surface area contributed by atoms with Crippen LogP contribution in [0.1, 0.15) is 19.3 Å². The standard InChI is InChI=1S/C15H18BrNO2/c16-13-14(17-5-1-2-10(17)7-18)11-8-3-4-9(6-8)12(11)15(13)19/h3-4,8-12,18H,1-2,5-7H2/t8-,9+,10+,11-,12+/m1/s1. The average Bonchev–Trinajstić information content (AvgIpc) is 3.14. The van der Waals surface area contributed by atoms with Crippen LogP contribution in [0, 0.1) is 23.7 Å². The van der Waals surface area contributed by atoms with E-state index in [1.807, 2.05) is 0 Å². The molecule has 0 spiro atoms. The Morgan fingerprint density at radius 3 is 2.79 bits per heavy atom. The Morgan fingerprint density at radius 1 is 1.32 bits per heavy atom. The first-order chi connectivity index (χ1) is 9.22. The van der Waals surface area contributed by atoms with Gasteiger partial charge in [-0.05, 0) is 47.0 Å². The molecule has 19 heavy (non-hydrogen) atoms. The molecule has 0 aromatic carbocycles. The zero-order valence-electron chi connectivity index (χ0n) is 10.8. The number of hydrogen-bond acceptors (Lipinski definition) is 3. The summed E-state index contributed by atoms with van der Waals surface area (Å²) >= 11 is 3.55. The van der Waals surface area contributed by atoms with E-state index >= 15 is 0 Å². The third-order valence-electron chi connectivity index (χ3n) is 5.42. The highest BCUT2D eigenvalue weighted by Gasteiger charge is 2.56. The third-order valence-corrected chi connectivity index (χ3v) is 6.21. The largest absolute Gasteiger partial charge is 0.394 e. The van der Waals surface area contributed by atoms with Gasteiger partial charge in [-0.15, -0.1) is 0 Å². The number of aliphatic hydroxyl groups excluding tert-OH is 1. The van der Waals surface area contributed by atoms with Gasteiger partial charge in [-0.2, -0.15) is 0 Å². The number of rotatable bonds is 2. The predicted octanol–water partition coefficient (Wildman–Crippen LogP) is 2.07.